The first-order chi connectivity index (χ1) is 14.7. The summed E-state index contributed by atoms with van der Waals surface area (Å²) in [7, 11) is 0. The van der Waals surface area contributed by atoms with Gasteiger partial charge in [0.15, 0.2) is 11.5 Å². The van der Waals surface area contributed by atoms with Gasteiger partial charge in [-0.15, -0.1) is 0 Å². The first-order valence-corrected chi connectivity index (χ1v) is 10.3. The largest absolute Gasteiger partial charge is 0.342 e. The lowest BCUT2D eigenvalue weighted by molar-refractivity contribution is -0.129. The van der Waals surface area contributed by atoms with Gasteiger partial charge in [-0.1, -0.05) is 35.9 Å². The molecule has 0 bridgehead atoms. The van der Waals surface area contributed by atoms with Crippen LogP contribution in [0.2, 0.25) is 0 Å². The van der Waals surface area contributed by atoms with E-state index < -0.39 is 0 Å². The second-order valence-corrected chi connectivity index (χ2v) is 7.92. The zero-order valence-corrected chi connectivity index (χ0v) is 16.9. The number of carbonyl (C=O) groups excluding carboxylic acids is 1. The highest BCUT2D eigenvalue weighted by Crippen LogP contribution is 2.26. The van der Waals surface area contributed by atoms with E-state index in [2.05, 4.69) is 24.0 Å². The highest BCUT2D eigenvalue weighted by molar-refractivity contribution is 5.79. The van der Waals surface area contributed by atoms with Crippen molar-refractivity contribution in [3.05, 3.63) is 84.1 Å². The van der Waals surface area contributed by atoms with Crippen LogP contribution in [-0.2, 0) is 11.2 Å². The van der Waals surface area contributed by atoms with Gasteiger partial charge in [-0.2, -0.15) is 5.10 Å². The summed E-state index contributed by atoms with van der Waals surface area (Å²) in [4.78, 5) is 23.6. The molecular formula is C24H23N5O. The van der Waals surface area contributed by atoms with Gasteiger partial charge >= 0.3 is 0 Å². The number of pyridine rings is 2. The third kappa shape index (κ3) is 3.68. The summed E-state index contributed by atoms with van der Waals surface area (Å²) in [6, 6.07) is 16.1. The maximum atomic E-state index is 12.7. The normalized spacial score (nSPS) is 16.3. The number of hydrogen-bond donors (Lipinski definition) is 0. The standard InChI is InChI=1S/C24H23N5O/c1-17-4-6-18(7-5-17)13-23(30)28-12-10-21(15-28)24-26-22-9-8-20(16-29(22)27-24)19-3-2-11-25-14-19/h2-9,11,14,16,21H,10,12-13,15H2,1H3/t21-/m0/s1. The van der Waals surface area contributed by atoms with Gasteiger partial charge in [0.2, 0.25) is 5.91 Å². The maximum Gasteiger partial charge on any atom is 0.227 e. The Balaban J connectivity index is 1.30. The van der Waals surface area contributed by atoms with Gasteiger partial charge in [-0.3, -0.25) is 9.78 Å². The van der Waals surface area contributed by atoms with Gasteiger partial charge in [-0.25, -0.2) is 9.50 Å². The fraction of sp³-hybridized carbons (Fsp3) is 0.250. The molecule has 0 radical (unpaired) electrons. The van der Waals surface area contributed by atoms with E-state index in [0.717, 1.165) is 41.1 Å². The number of aryl methyl sites for hydroxylation is 1. The monoisotopic (exact) mass is 397 g/mol. The van der Waals surface area contributed by atoms with Crippen molar-refractivity contribution in [2.75, 3.05) is 13.1 Å². The lowest BCUT2D eigenvalue weighted by Crippen LogP contribution is -2.30. The molecule has 6 heteroatoms. The molecule has 150 valence electrons. The molecule has 4 heterocycles. The second-order valence-electron chi connectivity index (χ2n) is 7.92. The van der Waals surface area contributed by atoms with Gasteiger partial charge in [0, 0.05) is 48.7 Å². The third-order valence-electron chi connectivity index (χ3n) is 5.72. The Morgan fingerprint density at radius 1 is 1.10 bits per heavy atom. The summed E-state index contributed by atoms with van der Waals surface area (Å²) in [5.41, 5.74) is 5.18. The Labute approximate surface area is 175 Å². The van der Waals surface area contributed by atoms with E-state index in [1.807, 2.05) is 58.2 Å². The fourth-order valence-corrected chi connectivity index (χ4v) is 3.97. The van der Waals surface area contributed by atoms with Crippen LogP contribution in [0.1, 0.15) is 29.3 Å². The van der Waals surface area contributed by atoms with E-state index in [-0.39, 0.29) is 11.8 Å². The third-order valence-corrected chi connectivity index (χ3v) is 5.72. The van der Waals surface area contributed by atoms with Crippen molar-refractivity contribution in [2.45, 2.75) is 25.7 Å². The fourth-order valence-electron chi connectivity index (χ4n) is 3.97. The number of fused-ring (bicyclic) bond motifs is 1. The minimum Gasteiger partial charge on any atom is -0.342 e. The zero-order valence-electron chi connectivity index (χ0n) is 16.9. The number of rotatable bonds is 4. The number of hydrogen-bond acceptors (Lipinski definition) is 4. The lowest BCUT2D eigenvalue weighted by atomic mass is 10.1. The molecule has 0 N–H and O–H groups in total. The molecule has 6 nitrogen and oxygen atoms in total. The predicted octanol–water partition coefficient (Wildman–Crippen LogP) is 3.66. The smallest absolute Gasteiger partial charge is 0.227 e. The first-order valence-electron chi connectivity index (χ1n) is 10.3. The summed E-state index contributed by atoms with van der Waals surface area (Å²) >= 11 is 0. The Kier molecular flexibility index (Phi) is 4.75. The predicted molar refractivity (Wildman–Crippen MR) is 115 cm³/mol. The molecule has 1 atom stereocenters. The molecule has 1 amide bonds. The summed E-state index contributed by atoms with van der Waals surface area (Å²) in [6.07, 6.45) is 6.93. The SMILES string of the molecule is Cc1ccc(CC(=O)N2CC[C@H](c3nc4ccc(-c5cccnc5)cn4n3)C2)cc1. The van der Waals surface area contributed by atoms with Crippen LogP contribution >= 0.6 is 0 Å². The maximum absolute atomic E-state index is 12.7. The zero-order chi connectivity index (χ0) is 20.5. The molecule has 1 saturated heterocycles. The Morgan fingerprint density at radius 3 is 2.77 bits per heavy atom. The summed E-state index contributed by atoms with van der Waals surface area (Å²) in [5.74, 6) is 1.15. The van der Waals surface area contributed by atoms with Crippen molar-refractivity contribution in [2.24, 2.45) is 0 Å². The molecule has 0 unspecified atom stereocenters. The number of carbonyl (C=O) groups is 1. The molecule has 3 aromatic heterocycles. The van der Waals surface area contributed by atoms with Crippen molar-refractivity contribution < 1.29 is 4.79 Å². The number of amides is 1. The molecule has 1 aliphatic heterocycles. The first kappa shape index (κ1) is 18.5. The van der Waals surface area contributed by atoms with Gasteiger partial charge in [-0.05, 0) is 37.1 Å². The van der Waals surface area contributed by atoms with Crippen LogP contribution < -0.4 is 0 Å². The van der Waals surface area contributed by atoms with Crippen molar-refractivity contribution in [3.8, 4) is 11.1 Å². The van der Waals surface area contributed by atoms with Crippen LogP contribution in [-0.4, -0.2) is 43.5 Å². The lowest BCUT2D eigenvalue weighted by Gasteiger charge is -2.16. The molecule has 1 aromatic carbocycles. The molecule has 1 fully saturated rings. The van der Waals surface area contributed by atoms with Crippen molar-refractivity contribution in [1.29, 1.82) is 0 Å². The summed E-state index contributed by atoms with van der Waals surface area (Å²) in [5, 5.41) is 4.72. The Morgan fingerprint density at radius 2 is 1.97 bits per heavy atom. The van der Waals surface area contributed by atoms with Gasteiger partial charge in [0.1, 0.15) is 0 Å². The van der Waals surface area contributed by atoms with Crippen molar-refractivity contribution in [1.82, 2.24) is 24.5 Å². The quantitative estimate of drug-likeness (QED) is 0.527. The van der Waals surface area contributed by atoms with Gasteiger partial charge < -0.3 is 4.90 Å². The van der Waals surface area contributed by atoms with Crippen LogP contribution in [0.5, 0.6) is 0 Å². The Hall–Kier alpha value is -3.54. The van der Waals surface area contributed by atoms with Crippen LogP contribution in [0.3, 0.4) is 0 Å². The van der Waals surface area contributed by atoms with Crippen LogP contribution in [0.4, 0.5) is 0 Å². The molecule has 1 aliphatic rings. The Bertz CT molecular complexity index is 1180. The minimum absolute atomic E-state index is 0.170. The molecule has 0 spiro atoms. The van der Waals surface area contributed by atoms with Crippen molar-refractivity contribution >= 4 is 11.6 Å². The van der Waals surface area contributed by atoms with Gasteiger partial charge in [0.05, 0.1) is 6.42 Å². The van der Waals surface area contributed by atoms with E-state index in [1.165, 1.54) is 5.56 Å². The summed E-state index contributed by atoms with van der Waals surface area (Å²) < 4.78 is 1.83. The molecular weight excluding hydrogens is 374 g/mol. The molecule has 4 aromatic rings. The molecule has 0 saturated carbocycles. The van der Waals surface area contributed by atoms with Crippen LogP contribution in [0.25, 0.3) is 16.8 Å². The van der Waals surface area contributed by atoms with Crippen molar-refractivity contribution in [3.63, 3.8) is 0 Å². The number of benzene rings is 1. The van der Waals surface area contributed by atoms with E-state index in [4.69, 9.17) is 10.1 Å². The number of nitrogens with zero attached hydrogens (tertiary/aromatic N) is 5. The van der Waals surface area contributed by atoms with E-state index >= 15 is 0 Å². The number of aromatic nitrogens is 4. The van der Waals surface area contributed by atoms with E-state index in [0.29, 0.717) is 13.0 Å². The molecule has 0 aliphatic carbocycles. The van der Waals surface area contributed by atoms with Crippen LogP contribution in [0, 0.1) is 6.92 Å². The average Bonchev–Trinajstić information content (AvgIpc) is 3.42. The minimum atomic E-state index is 0.170. The number of likely N-dealkylation sites (tertiary alicyclic amines) is 1. The van der Waals surface area contributed by atoms with E-state index in [9.17, 15) is 4.79 Å². The van der Waals surface area contributed by atoms with Crippen LogP contribution in [0.15, 0.2) is 67.1 Å². The highest BCUT2D eigenvalue weighted by atomic mass is 16.2. The molecule has 30 heavy (non-hydrogen) atoms. The average molecular weight is 397 g/mol. The van der Waals surface area contributed by atoms with Gasteiger partial charge in [0.25, 0.3) is 0 Å². The summed E-state index contributed by atoms with van der Waals surface area (Å²) in [6.45, 7) is 3.49. The second kappa shape index (κ2) is 7.71. The molecule has 5 rings (SSSR count). The topological polar surface area (TPSA) is 63.4 Å². The highest BCUT2D eigenvalue weighted by Gasteiger charge is 2.30. The van der Waals surface area contributed by atoms with E-state index in [1.54, 1.807) is 6.20 Å².